The summed E-state index contributed by atoms with van der Waals surface area (Å²) in [6.45, 7) is 3.63. The van der Waals surface area contributed by atoms with E-state index in [0.717, 1.165) is 26.0 Å². The standard InChI is InChI=1S/C15H17F6NO2/c1-7(2)12(24-13(23)15(19,20)21)14(17,18)10-6-4-5-9(8(3)22)11(10)16/h4-8,12H,22H2,1-3H3/t8-,12?/m1/s1. The Morgan fingerprint density at radius 3 is 2.08 bits per heavy atom. The lowest BCUT2D eigenvalue weighted by Gasteiger charge is -2.30. The normalized spacial score (nSPS) is 15.3. The molecular weight excluding hydrogens is 340 g/mol. The SMILES string of the molecule is CC(C)C(OC(=O)C(F)(F)F)C(F)(F)c1cccc([C@@H](C)N)c1F. The third-order valence-corrected chi connectivity index (χ3v) is 3.31. The van der Waals surface area contributed by atoms with Crippen molar-refractivity contribution >= 4 is 5.97 Å². The molecule has 0 aliphatic heterocycles. The van der Waals surface area contributed by atoms with Gasteiger partial charge in [-0.25, -0.2) is 9.18 Å². The average molecular weight is 357 g/mol. The molecule has 0 aliphatic rings. The van der Waals surface area contributed by atoms with Crippen molar-refractivity contribution in [3.05, 3.63) is 35.1 Å². The molecule has 1 aromatic carbocycles. The van der Waals surface area contributed by atoms with Gasteiger partial charge in [0.2, 0.25) is 0 Å². The van der Waals surface area contributed by atoms with E-state index in [9.17, 15) is 31.1 Å². The van der Waals surface area contributed by atoms with Crippen molar-refractivity contribution < 1.29 is 35.9 Å². The van der Waals surface area contributed by atoms with Gasteiger partial charge in [-0.3, -0.25) is 0 Å². The minimum absolute atomic E-state index is 0.225. The summed E-state index contributed by atoms with van der Waals surface area (Å²) in [6.07, 6.45) is -7.93. The molecule has 0 saturated heterocycles. The van der Waals surface area contributed by atoms with E-state index in [1.54, 1.807) is 0 Å². The number of esters is 1. The number of carbonyl (C=O) groups excluding carboxylic acids is 1. The second-order valence-electron chi connectivity index (χ2n) is 5.69. The van der Waals surface area contributed by atoms with Crippen LogP contribution in [0.3, 0.4) is 0 Å². The van der Waals surface area contributed by atoms with Crippen LogP contribution in [0.4, 0.5) is 26.3 Å². The van der Waals surface area contributed by atoms with Crippen LogP contribution in [-0.4, -0.2) is 18.2 Å². The molecule has 0 radical (unpaired) electrons. The third-order valence-electron chi connectivity index (χ3n) is 3.31. The molecule has 136 valence electrons. The monoisotopic (exact) mass is 357 g/mol. The largest absolute Gasteiger partial charge is 0.490 e. The van der Waals surface area contributed by atoms with Gasteiger partial charge in [-0.2, -0.15) is 22.0 Å². The van der Waals surface area contributed by atoms with Crippen molar-refractivity contribution in [1.82, 2.24) is 0 Å². The predicted octanol–water partition coefficient (Wildman–Crippen LogP) is 4.07. The smallest absolute Gasteiger partial charge is 0.449 e. The minimum atomic E-state index is -5.44. The van der Waals surface area contributed by atoms with Gasteiger partial charge in [0, 0.05) is 11.6 Å². The summed E-state index contributed by atoms with van der Waals surface area (Å²) in [5.74, 6) is -9.48. The van der Waals surface area contributed by atoms with Crippen molar-refractivity contribution in [1.29, 1.82) is 0 Å². The van der Waals surface area contributed by atoms with Crippen LogP contribution in [0.2, 0.25) is 0 Å². The summed E-state index contributed by atoms with van der Waals surface area (Å²) >= 11 is 0. The fourth-order valence-corrected chi connectivity index (χ4v) is 2.12. The van der Waals surface area contributed by atoms with E-state index >= 15 is 0 Å². The van der Waals surface area contributed by atoms with Gasteiger partial charge in [0.25, 0.3) is 0 Å². The average Bonchev–Trinajstić information content (AvgIpc) is 2.42. The molecule has 1 rings (SSSR count). The topological polar surface area (TPSA) is 52.3 Å². The molecule has 24 heavy (non-hydrogen) atoms. The summed E-state index contributed by atoms with van der Waals surface area (Å²) in [5, 5.41) is 0. The van der Waals surface area contributed by atoms with E-state index in [0.29, 0.717) is 0 Å². The van der Waals surface area contributed by atoms with Crippen LogP contribution in [0.15, 0.2) is 18.2 Å². The first-order chi connectivity index (χ1) is 10.8. The van der Waals surface area contributed by atoms with Crippen molar-refractivity contribution in [2.75, 3.05) is 0 Å². The Balaban J connectivity index is 3.33. The number of alkyl halides is 5. The first-order valence-corrected chi connectivity index (χ1v) is 7.00. The quantitative estimate of drug-likeness (QED) is 0.639. The molecule has 2 atom stereocenters. The number of carbonyl (C=O) groups is 1. The van der Waals surface area contributed by atoms with Crippen LogP contribution >= 0.6 is 0 Å². The highest BCUT2D eigenvalue weighted by molar-refractivity contribution is 5.75. The predicted molar refractivity (Wildman–Crippen MR) is 73.7 cm³/mol. The highest BCUT2D eigenvalue weighted by Crippen LogP contribution is 2.40. The van der Waals surface area contributed by atoms with E-state index < -0.39 is 47.5 Å². The Morgan fingerprint density at radius 1 is 1.12 bits per heavy atom. The number of ether oxygens (including phenoxy) is 1. The van der Waals surface area contributed by atoms with Crippen LogP contribution < -0.4 is 5.73 Å². The second-order valence-corrected chi connectivity index (χ2v) is 5.69. The highest BCUT2D eigenvalue weighted by Gasteiger charge is 2.52. The lowest BCUT2D eigenvalue weighted by Crippen LogP contribution is -2.43. The molecule has 0 aliphatic carbocycles. The second kappa shape index (κ2) is 7.00. The summed E-state index contributed by atoms with van der Waals surface area (Å²) < 4.78 is 84.3. The maximum Gasteiger partial charge on any atom is 0.490 e. The van der Waals surface area contributed by atoms with Crippen molar-refractivity contribution in [3.63, 3.8) is 0 Å². The van der Waals surface area contributed by atoms with Gasteiger partial charge in [-0.15, -0.1) is 0 Å². The number of benzene rings is 1. The Labute approximate surface area is 134 Å². The van der Waals surface area contributed by atoms with Gasteiger partial charge in [-0.05, 0) is 18.9 Å². The zero-order valence-electron chi connectivity index (χ0n) is 13.1. The molecule has 3 nitrogen and oxygen atoms in total. The Hall–Kier alpha value is -1.77. The molecule has 1 unspecified atom stereocenters. The molecule has 0 heterocycles. The zero-order valence-corrected chi connectivity index (χ0v) is 13.1. The van der Waals surface area contributed by atoms with E-state index in [1.807, 2.05) is 0 Å². The summed E-state index contributed by atoms with van der Waals surface area (Å²) in [4.78, 5) is 10.9. The molecule has 0 amide bonds. The lowest BCUT2D eigenvalue weighted by molar-refractivity contribution is -0.226. The third kappa shape index (κ3) is 4.19. The Bertz CT molecular complexity index is 598. The Kier molecular flexibility index (Phi) is 5.91. The molecule has 1 aromatic rings. The fraction of sp³-hybridized carbons (Fsp3) is 0.533. The van der Waals surface area contributed by atoms with E-state index in [1.165, 1.54) is 13.0 Å². The zero-order chi connectivity index (χ0) is 18.9. The summed E-state index contributed by atoms with van der Waals surface area (Å²) in [7, 11) is 0. The molecule has 2 N–H and O–H groups in total. The van der Waals surface area contributed by atoms with Crippen LogP contribution in [-0.2, 0) is 15.5 Å². The molecule has 0 bridgehead atoms. The number of hydrogen-bond donors (Lipinski definition) is 1. The first-order valence-electron chi connectivity index (χ1n) is 7.00. The van der Waals surface area contributed by atoms with Crippen LogP contribution in [0, 0.1) is 11.7 Å². The van der Waals surface area contributed by atoms with Crippen molar-refractivity contribution in [2.24, 2.45) is 11.7 Å². The van der Waals surface area contributed by atoms with Gasteiger partial charge in [-0.1, -0.05) is 26.0 Å². The summed E-state index contributed by atoms with van der Waals surface area (Å²) in [6, 6.07) is 2.11. The van der Waals surface area contributed by atoms with Gasteiger partial charge in [0.1, 0.15) is 5.82 Å². The summed E-state index contributed by atoms with van der Waals surface area (Å²) in [5.41, 5.74) is 4.08. The van der Waals surface area contributed by atoms with Crippen molar-refractivity contribution in [3.8, 4) is 0 Å². The molecule has 9 heteroatoms. The van der Waals surface area contributed by atoms with Gasteiger partial charge < -0.3 is 10.5 Å². The maximum atomic E-state index is 14.6. The molecule has 0 saturated carbocycles. The van der Waals surface area contributed by atoms with Gasteiger partial charge in [0.15, 0.2) is 6.10 Å². The van der Waals surface area contributed by atoms with Crippen LogP contribution in [0.1, 0.15) is 37.9 Å². The van der Waals surface area contributed by atoms with E-state index in [4.69, 9.17) is 5.73 Å². The van der Waals surface area contributed by atoms with Gasteiger partial charge >= 0.3 is 18.1 Å². The molecule has 0 aromatic heterocycles. The van der Waals surface area contributed by atoms with E-state index in [2.05, 4.69) is 4.74 Å². The molecule has 0 fully saturated rings. The number of halogens is 6. The lowest BCUT2D eigenvalue weighted by atomic mass is 9.92. The number of hydrogen-bond acceptors (Lipinski definition) is 3. The first kappa shape index (κ1) is 20.3. The van der Waals surface area contributed by atoms with E-state index in [-0.39, 0.29) is 5.56 Å². The fourth-order valence-electron chi connectivity index (χ4n) is 2.12. The van der Waals surface area contributed by atoms with Crippen LogP contribution in [0.25, 0.3) is 0 Å². The molecule has 0 spiro atoms. The number of rotatable bonds is 5. The Morgan fingerprint density at radius 2 is 1.67 bits per heavy atom. The minimum Gasteiger partial charge on any atom is -0.449 e. The molecular formula is C15H17F6NO2. The maximum absolute atomic E-state index is 14.6. The number of nitrogens with two attached hydrogens (primary N) is 1. The van der Waals surface area contributed by atoms with Gasteiger partial charge in [0.05, 0.1) is 5.56 Å². The van der Waals surface area contributed by atoms with Crippen molar-refractivity contribution in [2.45, 2.75) is 45.0 Å². The van der Waals surface area contributed by atoms with Crippen LogP contribution in [0.5, 0.6) is 0 Å². The highest BCUT2D eigenvalue weighted by atomic mass is 19.4.